The van der Waals surface area contributed by atoms with Gasteiger partial charge in [0.25, 0.3) is 5.91 Å². The molecule has 2 aromatic carbocycles. The van der Waals surface area contributed by atoms with Gasteiger partial charge in [-0.15, -0.1) is 0 Å². The van der Waals surface area contributed by atoms with Gasteiger partial charge in [0.15, 0.2) is 6.10 Å². The molecule has 1 aliphatic rings. The molecule has 3 rings (SSSR count). The Morgan fingerprint density at radius 1 is 0.967 bits per heavy atom. The minimum atomic E-state index is -0.970. The number of rotatable bonds is 7. The van der Waals surface area contributed by atoms with Crippen LogP contribution in [-0.4, -0.2) is 34.7 Å². The van der Waals surface area contributed by atoms with Gasteiger partial charge < -0.3 is 10.1 Å². The molecule has 0 aromatic heterocycles. The van der Waals surface area contributed by atoms with Gasteiger partial charge in [-0.1, -0.05) is 31.2 Å². The fraction of sp³-hybridized carbons (Fsp3) is 0.304. The molecule has 1 aliphatic heterocycles. The largest absolute Gasteiger partial charge is 0.449 e. The second kappa shape index (κ2) is 9.35. The average molecular weight is 408 g/mol. The lowest BCUT2D eigenvalue weighted by Gasteiger charge is -2.15. The highest BCUT2D eigenvalue weighted by molar-refractivity contribution is 6.02. The van der Waals surface area contributed by atoms with E-state index in [0.717, 1.165) is 17.5 Å². The maximum Gasteiger partial charge on any atom is 0.338 e. The van der Waals surface area contributed by atoms with E-state index in [2.05, 4.69) is 5.32 Å². The number of carbonyl (C=O) groups is 4. The van der Waals surface area contributed by atoms with Crippen LogP contribution in [0.4, 0.5) is 5.69 Å². The number of likely N-dealkylation sites (tertiary alicyclic amines) is 1. The summed E-state index contributed by atoms with van der Waals surface area (Å²) in [6.45, 7) is 3.74. The molecular formula is C23H24N2O5. The van der Waals surface area contributed by atoms with Crippen molar-refractivity contribution < 1.29 is 23.9 Å². The first-order valence-electron chi connectivity index (χ1n) is 9.90. The van der Waals surface area contributed by atoms with Crippen molar-refractivity contribution in [2.24, 2.45) is 0 Å². The molecule has 1 atom stereocenters. The Morgan fingerprint density at radius 3 is 2.10 bits per heavy atom. The van der Waals surface area contributed by atoms with Crippen molar-refractivity contribution >= 4 is 29.4 Å². The van der Waals surface area contributed by atoms with Crippen LogP contribution in [0.1, 0.15) is 48.2 Å². The molecule has 2 aromatic rings. The Balaban J connectivity index is 1.54. The summed E-state index contributed by atoms with van der Waals surface area (Å²) in [6, 6.07) is 13.9. The van der Waals surface area contributed by atoms with Crippen LogP contribution < -0.4 is 5.32 Å². The lowest BCUT2D eigenvalue weighted by molar-refractivity contribution is -0.139. The zero-order valence-corrected chi connectivity index (χ0v) is 17.0. The molecule has 1 N–H and O–H groups in total. The number of carbonyl (C=O) groups excluding carboxylic acids is 4. The molecular weight excluding hydrogens is 384 g/mol. The summed E-state index contributed by atoms with van der Waals surface area (Å²) in [6.07, 6.45) is 0.423. The maximum absolute atomic E-state index is 12.3. The number of esters is 1. The Kier molecular flexibility index (Phi) is 6.61. The fourth-order valence-electron chi connectivity index (χ4n) is 3.08. The van der Waals surface area contributed by atoms with Gasteiger partial charge in [0.05, 0.1) is 12.1 Å². The monoisotopic (exact) mass is 408 g/mol. The van der Waals surface area contributed by atoms with Gasteiger partial charge in [0, 0.05) is 18.5 Å². The number of ether oxygens (including phenoxy) is 1. The molecule has 1 unspecified atom stereocenters. The highest BCUT2D eigenvalue weighted by Gasteiger charge is 2.28. The molecule has 7 nitrogen and oxygen atoms in total. The van der Waals surface area contributed by atoms with E-state index < -0.39 is 18.0 Å². The van der Waals surface area contributed by atoms with Crippen molar-refractivity contribution in [1.29, 1.82) is 0 Å². The maximum atomic E-state index is 12.3. The predicted molar refractivity (Wildman–Crippen MR) is 111 cm³/mol. The number of benzene rings is 2. The molecule has 7 heteroatoms. The van der Waals surface area contributed by atoms with Crippen molar-refractivity contribution in [1.82, 2.24) is 4.90 Å². The van der Waals surface area contributed by atoms with E-state index in [1.807, 2.05) is 19.1 Å². The quantitative estimate of drug-likeness (QED) is 0.561. The number of aryl methyl sites for hydroxylation is 1. The van der Waals surface area contributed by atoms with Crippen molar-refractivity contribution in [3.05, 3.63) is 65.2 Å². The first-order chi connectivity index (χ1) is 14.4. The van der Waals surface area contributed by atoms with E-state index in [1.54, 1.807) is 36.4 Å². The standard InChI is InChI=1S/C23H24N2O5/c1-3-16-6-10-19(11-7-16)24-22(28)15(2)30-23(29)18-8-4-17(5-9-18)14-25-20(26)12-13-21(25)27/h4-11,15H,3,12-14H2,1-2H3,(H,24,28). The third-order valence-electron chi connectivity index (χ3n) is 4.97. The van der Waals surface area contributed by atoms with Crippen LogP contribution in [0.3, 0.4) is 0 Å². The van der Waals surface area contributed by atoms with Gasteiger partial charge >= 0.3 is 5.97 Å². The number of hydrogen-bond acceptors (Lipinski definition) is 5. The fourth-order valence-corrected chi connectivity index (χ4v) is 3.08. The SMILES string of the molecule is CCc1ccc(NC(=O)C(C)OC(=O)c2ccc(CN3C(=O)CCC3=O)cc2)cc1. The Morgan fingerprint density at radius 2 is 1.53 bits per heavy atom. The van der Waals surface area contributed by atoms with Gasteiger partial charge in [-0.25, -0.2) is 4.79 Å². The van der Waals surface area contributed by atoms with E-state index in [4.69, 9.17) is 4.74 Å². The highest BCUT2D eigenvalue weighted by atomic mass is 16.5. The molecule has 1 heterocycles. The molecule has 0 aliphatic carbocycles. The number of imide groups is 1. The average Bonchev–Trinajstić information content (AvgIpc) is 3.06. The zero-order chi connectivity index (χ0) is 21.7. The number of nitrogens with zero attached hydrogens (tertiary/aromatic N) is 1. The van der Waals surface area contributed by atoms with E-state index in [-0.39, 0.29) is 36.8 Å². The van der Waals surface area contributed by atoms with Crippen LogP contribution in [-0.2, 0) is 32.1 Å². The third kappa shape index (κ3) is 5.11. The summed E-state index contributed by atoms with van der Waals surface area (Å²) in [7, 11) is 0. The van der Waals surface area contributed by atoms with Gasteiger partial charge in [-0.3, -0.25) is 19.3 Å². The molecule has 30 heavy (non-hydrogen) atoms. The summed E-state index contributed by atoms with van der Waals surface area (Å²) >= 11 is 0. The Bertz CT molecular complexity index is 935. The van der Waals surface area contributed by atoms with Crippen LogP contribution in [0.15, 0.2) is 48.5 Å². The normalized spacial score (nSPS) is 14.5. The van der Waals surface area contributed by atoms with E-state index >= 15 is 0 Å². The van der Waals surface area contributed by atoms with Crippen LogP contribution in [0.2, 0.25) is 0 Å². The molecule has 0 saturated carbocycles. The van der Waals surface area contributed by atoms with Crippen molar-refractivity contribution in [2.75, 3.05) is 5.32 Å². The van der Waals surface area contributed by atoms with Gasteiger partial charge in [-0.2, -0.15) is 0 Å². The van der Waals surface area contributed by atoms with Crippen LogP contribution in [0, 0.1) is 0 Å². The highest BCUT2D eigenvalue weighted by Crippen LogP contribution is 2.17. The second-order valence-electron chi connectivity index (χ2n) is 7.16. The van der Waals surface area contributed by atoms with Gasteiger partial charge in [-0.05, 0) is 48.7 Å². The molecule has 156 valence electrons. The Hall–Kier alpha value is -3.48. The van der Waals surface area contributed by atoms with Gasteiger partial charge in [0.2, 0.25) is 11.8 Å². The first kappa shape index (κ1) is 21.2. The molecule has 0 spiro atoms. The molecule has 1 fully saturated rings. The first-order valence-corrected chi connectivity index (χ1v) is 9.90. The van der Waals surface area contributed by atoms with E-state index in [0.29, 0.717) is 5.69 Å². The molecule has 3 amide bonds. The van der Waals surface area contributed by atoms with Crippen molar-refractivity contribution in [3.8, 4) is 0 Å². The van der Waals surface area contributed by atoms with Crippen LogP contribution >= 0.6 is 0 Å². The lowest BCUT2D eigenvalue weighted by Crippen LogP contribution is -2.30. The van der Waals surface area contributed by atoms with Gasteiger partial charge in [0.1, 0.15) is 0 Å². The summed E-state index contributed by atoms with van der Waals surface area (Å²) in [5.41, 5.74) is 2.81. The lowest BCUT2D eigenvalue weighted by atomic mass is 10.1. The Labute approximate surface area is 175 Å². The molecule has 1 saturated heterocycles. The number of amides is 3. The smallest absolute Gasteiger partial charge is 0.338 e. The second-order valence-corrected chi connectivity index (χ2v) is 7.16. The third-order valence-corrected chi connectivity index (χ3v) is 4.97. The minimum absolute atomic E-state index is 0.183. The predicted octanol–water partition coefficient (Wildman–Crippen LogP) is 3.08. The topological polar surface area (TPSA) is 92.8 Å². The summed E-state index contributed by atoms with van der Waals surface area (Å²) in [5, 5.41) is 2.72. The zero-order valence-electron chi connectivity index (χ0n) is 17.0. The van der Waals surface area contributed by atoms with Crippen molar-refractivity contribution in [3.63, 3.8) is 0 Å². The number of nitrogens with one attached hydrogen (secondary N) is 1. The number of hydrogen-bond donors (Lipinski definition) is 1. The minimum Gasteiger partial charge on any atom is -0.449 e. The molecule has 0 radical (unpaired) electrons. The van der Waals surface area contributed by atoms with Crippen molar-refractivity contribution in [2.45, 2.75) is 45.8 Å². The van der Waals surface area contributed by atoms with E-state index in [9.17, 15) is 19.2 Å². The van der Waals surface area contributed by atoms with E-state index in [1.165, 1.54) is 11.8 Å². The van der Waals surface area contributed by atoms with Crippen LogP contribution in [0.25, 0.3) is 0 Å². The number of anilines is 1. The summed E-state index contributed by atoms with van der Waals surface area (Å²) in [4.78, 5) is 49.2. The summed E-state index contributed by atoms with van der Waals surface area (Å²) < 4.78 is 5.25. The van der Waals surface area contributed by atoms with Crippen LogP contribution in [0.5, 0.6) is 0 Å². The summed E-state index contributed by atoms with van der Waals surface area (Å²) in [5.74, 6) is -1.42. The molecule has 0 bridgehead atoms.